The first-order valence-electron chi connectivity index (χ1n) is 7.76. The molecule has 0 aliphatic rings. The van der Waals surface area contributed by atoms with Gasteiger partial charge >= 0.3 is 0 Å². The fourth-order valence-electron chi connectivity index (χ4n) is 2.23. The SMILES string of the molecule is COc1ccc(CC(=O)Nc2cccc(CNC(=O)CC#N)c2)cc1. The number of rotatable bonds is 7. The average molecular weight is 337 g/mol. The lowest BCUT2D eigenvalue weighted by Gasteiger charge is -2.09. The summed E-state index contributed by atoms with van der Waals surface area (Å²) in [5.41, 5.74) is 2.39. The minimum Gasteiger partial charge on any atom is -0.497 e. The van der Waals surface area contributed by atoms with Gasteiger partial charge in [-0.15, -0.1) is 0 Å². The average Bonchev–Trinajstić information content (AvgIpc) is 2.61. The summed E-state index contributed by atoms with van der Waals surface area (Å²) in [7, 11) is 1.59. The lowest BCUT2D eigenvalue weighted by atomic mass is 10.1. The Labute approximate surface area is 146 Å². The molecule has 2 N–H and O–H groups in total. The monoisotopic (exact) mass is 337 g/mol. The van der Waals surface area contributed by atoms with Crippen molar-refractivity contribution in [3.05, 3.63) is 59.7 Å². The van der Waals surface area contributed by atoms with Crippen LogP contribution in [-0.4, -0.2) is 18.9 Å². The van der Waals surface area contributed by atoms with Gasteiger partial charge in [0.05, 0.1) is 19.6 Å². The predicted octanol–water partition coefficient (Wildman–Crippen LogP) is 2.41. The van der Waals surface area contributed by atoms with Crippen molar-refractivity contribution in [2.45, 2.75) is 19.4 Å². The second-order valence-corrected chi connectivity index (χ2v) is 5.39. The van der Waals surface area contributed by atoms with Gasteiger partial charge in [-0.3, -0.25) is 9.59 Å². The molecule has 0 aromatic heterocycles. The predicted molar refractivity (Wildman–Crippen MR) is 93.8 cm³/mol. The first-order valence-corrected chi connectivity index (χ1v) is 7.76. The van der Waals surface area contributed by atoms with Crippen LogP contribution >= 0.6 is 0 Å². The summed E-state index contributed by atoms with van der Waals surface area (Å²) < 4.78 is 5.09. The molecule has 0 radical (unpaired) electrons. The molecule has 6 heteroatoms. The van der Waals surface area contributed by atoms with Gasteiger partial charge in [0.2, 0.25) is 11.8 Å². The van der Waals surface area contributed by atoms with E-state index in [0.29, 0.717) is 12.2 Å². The van der Waals surface area contributed by atoms with Crippen LogP contribution in [0.2, 0.25) is 0 Å². The van der Waals surface area contributed by atoms with E-state index in [2.05, 4.69) is 10.6 Å². The highest BCUT2D eigenvalue weighted by atomic mass is 16.5. The number of carbonyl (C=O) groups is 2. The van der Waals surface area contributed by atoms with Gasteiger partial charge in [0.15, 0.2) is 0 Å². The Kier molecular flexibility index (Phi) is 6.55. The number of nitrogens with zero attached hydrogens (tertiary/aromatic N) is 1. The number of hydrogen-bond donors (Lipinski definition) is 2. The third kappa shape index (κ3) is 5.99. The Morgan fingerprint density at radius 1 is 1.08 bits per heavy atom. The van der Waals surface area contributed by atoms with E-state index >= 15 is 0 Å². The van der Waals surface area contributed by atoms with E-state index in [1.54, 1.807) is 31.4 Å². The van der Waals surface area contributed by atoms with Crippen molar-refractivity contribution in [3.8, 4) is 11.8 Å². The molecule has 6 nitrogen and oxygen atoms in total. The Bertz CT molecular complexity index is 779. The number of hydrogen-bond acceptors (Lipinski definition) is 4. The fourth-order valence-corrected chi connectivity index (χ4v) is 2.23. The summed E-state index contributed by atoms with van der Waals surface area (Å²) in [6.45, 7) is 0.308. The van der Waals surface area contributed by atoms with Crippen LogP contribution in [0.5, 0.6) is 5.75 Å². The number of carbonyl (C=O) groups excluding carboxylic acids is 2. The molecule has 25 heavy (non-hydrogen) atoms. The minimum atomic E-state index is -0.323. The van der Waals surface area contributed by atoms with Crippen LogP contribution in [0.1, 0.15) is 17.5 Å². The molecule has 2 amide bonds. The summed E-state index contributed by atoms with van der Waals surface area (Å²) in [6.07, 6.45) is 0.0887. The maximum absolute atomic E-state index is 12.2. The molecule has 0 heterocycles. The van der Waals surface area contributed by atoms with E-state index in [4.69, 9.17) is 10.00 Å². The Hall–Kier alpha value is -3.33. The Morgan fingerprint density at radius 2 is 1.84 bits per heavy atom. The molecule has 0 fully saturated rings. The normalized spacial score (nSPS) is 9.76. The molecule has 2 rings (SSSR count). The largest absolute Gasteiger partial charge is 0.497 e. The number of amides is 2. The van der Waals surface area contributed by atoms with Crippen LogP contribution in [0.25, 0.3) is 0 Å². The number of benzene rings is 2. The van der Waals surface area contributed by atoms with E-state index in [9.17, 15) is 9.59 Å². The molecular formula is C19H19N3O3. The van der Waals surface area contributed by atoms with Crippen LogP contribution in [0, 0.1) is 11.3 Å². The number of nitrogens with one attached hydrogen (secondary N) is 2. The maximum atomic E-state index is 12.2. The van der Waals surface area contributed by atoms with Gasteiger partial charge in [-0.2, -0.15) is 5.26 Å². The molecule has 0 saturated heterocycles. The number of nitriles is 1. The van der Waals surface area contributed by atoms with E-state index < -0.39 is 0 Å². The highest BCUT2D eigenvalue weighted by Gasteiger charge is 2.06. The third-order valence-corrected chi connectivity index (χ3v) is 3.46. The van der Waals surface area contributed by atoms with Crippen molar-refractivity contribution in [2.24, 2.45) is 0 Å². The van der Waals surface area contributed by atoms with Crippen molar-refractivity contribution >= 4 is 17.5 Å². The second-order valence-electron chi connectivity index (χ2n) is 5.39. The van der Waals surface area contributed by atoms with Crippen LogP contribution in [0.15, 0.2) is 48.5 Å². The molecule has 0 unspecified atom stereocenters. The first kappa shape index (κ1) is 18.0. The van der Waals surface area contributed by atoms with Crippen LogP contribution < -0.4 is 15.4 Å². The highest BCUT2D eigenvalue weighted by Crippen LogP contribution is 2.14. The molecule has 128 valence electrons. The summed E-state index contributed by atoms with van der Waals surface area (Å²) in [5, 5.41) is 13.9. The molecule has 0 aliphatic carbocycles. The zero-order valence-electron chi connectivity index (χ0n) is 13.9. The van der Waals surface area contributed by atoms with Gasteiger partial charge in [-0.05, 0) is 35.4 Å². The first-order chi connectivity index (χ1) is 12.1. The molecule has 2 aromatic rings. The lowest BCUT2D eigenvalue weighted by molar-refractivity contribution is -0.120. The van der Waals surface area contributed by atoms with Gasteiger partial charge in [-0.25, -0.2) is 0 Å². The van der Waals surface area contributed by atoms with Crippen molar-refractivity contribution in [1.29, 1.82) is 5.26 Å². The Balaban J connectivity index is 1.90. The van der Waals surface area contributed by atoms with Crippen molar-refractivity contribution in [1.82, 2.24) is 5.32 Å². The zero-order valence-corrected chi connectivity index (χ0v) is 13.9. The Morgan fingerprint density at radius 3 is 2.52 bits per heavy atom. The smallest absolute Gasteiger partial charge is 0.234 e. The minimum absolute atomic E-state index is 0.129. The maximum Gasteiger partial charge on any atom is 0.234 e. The van der Waals surface area contributed by atoms with E-state index in [1.165, 1.54) is 0 Å². The topological polar surface area (TPSA) is 91.2 Å². The molecule has 0 atom stereocenters. The van der Waals surface area contributed by atoms with Crippen LogP contribution in [0.4, 0.5) is 5.69 Å². The number of ether oxygens (including phenoxy) is 1. The fraction of sp³-hybridized carbons (Fsp3) is 0.211. The quantitative estimate of drug-likeness (QED) is 0.811. The van der Waals surface area contributed by atoms with Crippen molar-refractivity contribution in [3.63, 3.8) is 0 Å². The summed E-state index contributed by atoms with van der Waals surface area (Å²) in [6, 6.07) is 16.3. The van der Waals surface area contributed by atoms with Gasteiger partial charge in [0.1, 0.15) is 12.2 Å². The van der Waals surface area contributed by atoms with Crippen molar-refractivity contribution in [2.75, 3.05) is 12.4 Å². The van der Waals surface area contributed by atoms with Gasteiger partial charge < -0.3 is 15.4 Å². The van der Waals surface area contributed by atoms with Gasteiger partial charge in [0.25, 0.3) is 0 Å². The lowest BCUT2D eigenvalue weighted by Crippen LogP contribution is -2.22. The number of anilines is 1. The standard InChI is InChI=1S/C19H19N3O3/c1-25-17-7-5-14(6-8-17)12-19(24)22-16-4-2-3-15(11-16)13-21-18(23)9-10-20/h2-8,11H,9,12-13H2,1H3,(H,21,23)(H,22,24). The third-order valence-electron chi connectivity index (χ3n) is 3.46. The highest BCUT2D eigenvalue weighted by molar-refractivity contribution is 5.92. The van der Waals surface area contributed by atoms with Crippen LogP contribution in [-0.2, 0) is 22.6 Å². The molecule has 0 saturated carbocycles. The van der Waals surface area contributed by atoms with Gasteiger partial charge in [-0.1, -0.05) is 24.3 Å². The van der Waals surface area contributed by atoms with E-state index in [0.717, 1.165) is 16.9 Å². The second kappa shape index (κ2) is 9.08. The molecule has 0 aliphatic heterocycles. The summed E-state index contributed by atoms with van der Waals surface area (Å²) in [5.74, 6) is 0.294. The zero-order chi connectivity index (χ0) is 18.1. The van der Waals surface area contributed by atoms with E-state index in [1.807, 2.05) is 30.3 Å². The van der Waals surface area contributed by atoms with E-state index in [-0.39, 0.29) is 24.7 Å². The molecule has 0 bridgehead atoms. The van der Waals surface area contributed by atoms with Crippen LogP contribution in [0.3, 0.4) is 0 Å². The summed E-state index contributed by atoms with van der Waals surface area (Å²) >= 11 is 0. The summed E-state index contributed by atoms with van der Waals surface area (Å²) in [4.78, 5) is 23.5. The molecular weight excluding hydrogens is 318 g/mol. The molecule has 0 spiro atoms. The number of methoxy groups -OCH3 is 1. The van der Waals surface area contributed by atoms with Crippen molar-refractivity contribution < 1.29 is 14.3 Å². The molecule has 2 aromatic carbocycles. The van der Waals surface area contributed by atoms with Gasteiger partial charge in [0, 0.05) is 12.2 Å².